The summed E-state index contributed by atoms with van der Waals surface area (Å²) in [5, 5.41) is 38.5. The lowest BCUT2D eigenvalue weighted by atomic mass is 10.0. The number of halogens is 1. The van der Waals surface area contributed by atoms with E-state index in [0.29, 0.717) is 18.1 Å². The number of amides is 1. The molecule has 2 N–H and O–H groups in total. The zero-order valence-electron chi connectivity index (χ0n) is 34.2. The highest BCUT2D eigenvalue weighted by molar-refractivity contribution is 7.93. The standard InChI is InChI=1S/C42H49ClN4O13S/c1-28-15-18-32(25-34(28)43)45(61(56,57)36-20-19-33(46(52)53)26-35(36)47(54)55)22-10-11-23-58-38(39(41(50)51)59-27-37(48)60-42(2,3)4)40(49)44-21-9-5-6-12-29-16-17-30-13-7-8-14-31(30)24-29/h7-8,13-20,24-26,38-39H,5-6,9-12,21-23,27H2,1-4H3,(H,44,49)(H,50,51)/t38-,39-/m1/s1. The average Bonchev–Trinajstić information content (AvgIpc) is 3.19. The van der Waals surface area contributed by atoms with Crippen molar-refractivity contribution in [1.29, 1.82) is 0 Å². The molecule has 0 bridgehead atoms. The lowest BCUT2D eigenvalue weighted by molar-refractivity contribution is -0.396. The molecule has 19 heteroatoms. The molecule has 0 aromatic heterocycles. The van der Waals surface area contributed by atoms with E-state index in [1.165, 1.54) is 17.7 Å². The summed E-state index contributed by atoms with van der Waals surface area (Å²) in [6.45, 7) is 5.34. The molecule has 0 aliphatic rings. The van der Waals surface area contributed by atoms with Gasteiger partial charge in [-0.15, -0.1) is 0 Å². The van der Waals surface area contributed by atoms with E-state index in [0.717, 1.165) is 46.5 Å². The zero-order valence-corrected chi connectivity index (χ0v) is 35.8. The van der Waals surface area contributed by atoms with Crippen LogP contribution >= 0.6 is 11.6 Å². The topological polar surface area (TPSA) is 235 Å². The summed E-state index contributed by atoms with van der Waals surface area (Å²) in [7, 11) is -4.75. The van der Waals surface area contributed by atoms with Gasteiger partial charge in [-0.2, -0.15) is 0 Å². The normalized spacial score (nSPS) is 12.7. The van der Waals surface area contributed by atoms with Crippen LogP contribution in [0.5, 0.6) is 0 Å². The number of carboxylic acid groups (broad SMARTS) is 1. The molecular weight excluding hydrogens is 836 g/mol. The number of unbranched alkanes of at least 4 members (excludes halogenated alkanes) is 3. The number of ether oxygens (including phenoxy) is 3. The smallest absolute Gasteiger partial charge is 0.336 e. The molecule has 61 heavy (non-hydrogen) atoms. The highest BCUT2D eigenvalue weighted by Crippen LogP contribution is 2.34. The van der Waals surface area contributed by atoms with E-state index in [1.807, 2.05) is 18.2 Å². The molecule has 0 radical (unpaired) electrons. The number of carbonyl (C=O) groups is 3. The van der Waals surface area contributed by atoms with Gasteiger partial charge in [-0.3, -0.25) is 29.3 Å². The average molecular weight is 885 g/mol. The van der Waals surface area contributed by atoms with Gasteiger partial charge in [0.05, 0.1) is 21.6 Å². The van der Waals surface area contributed by atoms with Crippen LogP contribution in [0.4, 0.5) is 17.1 Å². The number of sulfonamides is 1. The van der Waals surface area contributed by atoms with Gasteiger partial charge in [-0.25, -0.2) is 18.0 Å². The third kappa shape index (κ3) is 13.9. The Balaban J connectivity index is 1.45. The molecule has 0 aliphatic carbocycles. The fraction of sp³-hybridized carbons (Fsp3) is 0.405. The molecule has 0 aliphatic heterocycles. The molecule has 0 spiro atoms. The van der Waals surface area contributed by atoms with Crippen LogP contribution in [0.3, 0.4) is 0 Å². The predicted molar refractivity (Wildman–Crippen MR) is 227 cm³/mol. The van der Waals surface area contributed by atoms with Crippen LogP contribution in [0.25, 0.3) is 10.8 Å². The molecule has 0 fully saturated rings. The Morgan fingerprint density at radius 2 is 1.57 bits per heavy atom. The Morgan fingerprint density at radius 3 is 2.23 bits per heavy atom. The lowest BCUT2D eigenvalue weighted by Gasteiger charge is -2.26. The Bertz CT molecular complexity index is 2340. The van der Waals surface area contributed by atoms with Crippen LogP contribution in [0.1, 0.15) is 64.0 Å². The Hall–Kier alpha value is -5.69. The number of aryl methyl sites for hydroxylation is 2. The van der Waals surface area contributed by atoms with Crippen molar-refractivity contribution in [3.63, 3.8) is 0 Å². The first-order valence-electron chi connectivity index (χ1n) is 19.4. The van der Waals surface area contributed by atoms with Crippen molar-refractivity contribution in [2.45, 2.75) is 88.9 Å². The molecule has 0 heterocycles. The molecule has 4 aromatic rings. The van der Waals surface area contributed by atoms with Crippen molar-refractivity contribution in [3.05, 3.63) is 115 Å². The maximum absolute atomic E-state index is 14.1. The summed E-state index contributed by atoms with van der Waals surface area (Å²) in [6.07, 6.45) is -0.647. The Kier molecular flexibility index (Phi) is 17.1. The lowest BCUT2D eigenvalue weighted by Crippen LogP contribution is -2.49. The maximum Gasteiger partial charge on any atom is 0.336 e. The second kappa shape index (κ2) is 21.7. The van der Waals surface area contributed by atoms with Crippen LogP contribution in [0, 0.1) is 27.2 Å². The van der Waals surface area contributed by atoms with Crippen LogP contribution < -0.4 is 9.62 Å². The number of anilines is 1. The number of carbonyl (C=O) groups excluding carboxylic acids is 2. The predicted octanol–water partition coefficient (Wildman–Crippen LogP) is 7.32. The minimum atomic E-state index is -4.75. The molecule has 0 unspecified atom stereocenters. The van der Waals surface area contributed by atoms with Gasteiger partial charge in [0, 0.05) is 30.8 Å². The highest BCUT2D eigenvalue weighted by Gasteiger charge is 2.37. The number of aliphatic carboxylic acids is 1. The number of hydrogen-bond donors (Lipinski definition) is 2. The van der Waals surface area contributed by atoms with E-state index in [4.69, 9.17) is 25.8 Å². The number of fused-ring (bicyclic) bond motifs is 1. The van der Waals surface area contributed by atoms with Crippen molar-refractivity contribution < 1.29 is 52.0 Å². The van der Waals surface area contributed by atoms with E-state index in [-0.39, 0.29) is 43.2 Å². The Morgan fingerprint density at radius 1 is 0.852 bits per heavy atom. The monoisotopic (exact) mass is 884 g/mol. The number of nitrogens with zero attached hydrogens (tertiary/aromatic N) is 3. The van der Waals surface area contributed by atoms with Gasteiger partial charge in [0.25, 0.3) is 27.3 Å². The fourth-order valence-electron chi connectivity index (χ4n) is 6.25. The fourth-order valence-corrected chi connectivity index (χ4v) is 8.06. The summed E-state index contributed by atoms with van der Waals surface area (Å²) in [6, 6.07) is 20.9. The van der Waals surface area contributed by atoms with Crippen molar-refractivity contribution in [2.24, 2.45) is 0 Å². The molecule has 17 nitrogen and oxygen atoms in total. The van der Waals surface area contributed by atoms with Gasteiger partial charge in [0.1, 0.15) is 12.2 Å². The number of nitro benzene ring substituents is 2. The van der Waals surface area contributed by atoms with Gasteiger partial charge in [-0.05, 0) is 99.9 Å². The van der Waals surface area contributed by atoms with Crippen molar-refractivity contribution in [2.75, 3.05) is 30.6 Å². The number of rotatable bonds is 23. The number of nitrogens with one attached hydrogen (secondary N) is 1. The van der Waals surface area contributed by atoms with Crippen LogP contribution in [-0.2, 0) is 45.0 Å². The van der Waals surface area contributed by atoms with E-state index in [2.05, 4.69) is 29.6 Å². The number of hydrogen-bond acceptors (Lipinski definition) is 12. The quantitative estimate of drug-likeness (QED) is 0.0322. The maximum atomic E-state index is 14.1. The summed E-state index contributed by atoms with van der Waals surface area (Å²) in [5.41, 5.74) is -0.748. The summed E-state index contributed by atoms with van der Waals surface area (Å²) in [5.74, 6) is -3.26. The minimum absolute atomic E-state index is 0.00750. The number of non-ortho nitro benzene ring substituents is 1. The van der Waals surface area contributed by atoms with E-state index < -0.39 is 78.4 Å². The van der Waals surface area contributed by atoms with Crippen LogP contribution in [-0.4, -0.2) is 85.3 Å². The van der Waals surface area contributed by atoms with Crippen LogP contribution in [0.2, 0.25) is 5.02 Å². The van der Waals surface area contributed by atoms with Gasteiger partial charge in [-0.1, -0.05) is 66.6 Å². The van der Waals surface area contributed by atoms with Crippen molar-refractivity contribution >= 4 is 67.3 Å². The molecule has 0 saturated heterocycles. The number of carboxylic acids is 1. The molecule has 0 saturated carbocycles. The SMILES string of the molecule is Cc1ccc(N(CCCCO[C@@H](C(=O)NCCCCCc2ccc3ccccc3c2)[C@@H](OCC(=O)OC(C)(C)C)C(=O)O)S(=O)(=O)c2ccc([N+](=O)[O-])cc2[N+](=O)[O-])cc1Cl. The highest BCUT2D eigenvalue weighted by atomic mass is 35.5. The molecule has 4 rings (SSSR count). The van der Waals surface area contributed by atoms with E-state index in [1.54, 1.807) is 33.8 Å². The summed E-state index contributed by atoms with van der Waals surface area (Å²) < 4.78 is 45.4. The number of benzene rings is 4. The Labute approximate surface area is 358 Å². The number of esters is 1. The minimum Gasteiger partial charge on any atom is -0.479 e. The molecule has 328 valence electrons. The van der Waals surface area contributed by atoms with Crippen molar-refractivity contribution in [1.82, 2.24) is 5.32 Å². The summed E-state index contributed by atoms with van der Waals surface area (Å²) >= 11 is 6.32. The largest absolute Gasteiger partial charge is 0.479 e. The third-order valence-corrected chi connectivity index (χ3v) is 11.5. The van der Waals surface area contributed by atoms with Gasteiger partial charge < -0.3 is 24.6 Å². The zero-order chi connectivity index (χ0) is 44.9. The van der Waals surface area contributed by atoms with Gasteiger partial charge in [0.15, 0.2) is 17.1 Å². The second-order valence-corrected chi connectivity index (χ2v) is 17.4. The van der Waals surface area contributed by atoms with Crippen molar-refractivity contribution in [3.8, 4) is 0 Å². The second-order valence-electron chi connectivity index (χ2n) is 15.1. The number of nitro groups is 2. The molecule has 2 atom stereocenters. The van der Waals surface area contributed by atoms with Crippen LogP contribution in [0.15, 0.2) is 83.8 Å². The first-order valence-corrected chi connectivity index (χ1v) is 21.3. The van der Waals surface area contributed by atoms with E-state index in [9.17, 15) is 48.1 Å². The first kappa shape index (κ1) is 48.0. The van der Waals surface area contributed by atoms with E-state index >= 15 is 0 Å². The van der Waals surface area contributed by atoms with Gasteiger partial charge >= 0.3 is 11.9 Å². The first-order chi connectivity index (χ1) is 28.8. The van der Waals surface area contributed by atoms with Gasteiger partial charge in [0.2, 0.25) is 0 Å². The molecular formula is C42H49ClN4O13S. The summed E-state index contributed by atoms with van der Waals surface area (Å²) in [4.78, 5) is 58.9. The third-order valence-electron chi connectivity index (χ3n) is 9.25. The molecule has 4 aromatic carbocycles. The molecule has 1 amide bonds.